The maximum Gasteiger partial charge on any atom is 0.198 e. The highest BCUT2D eigenvalue weighted by Gasteiger charge is 2.40. The van der Waals surface area contributed by atoms with E-state index in [1.54, 1.807) is 0 Å². The Balaban J connectivity index is 4.64. The SMILES string of the molecule is C=CCC[Si](OCC)(C(C)C)C(C)C. The van der Waals surface area contributed by atoms with Crippen LogP contribution in [-0.2, 0) is 4.43 Å². The monoisotopic (exact) mass is 214 g/mol. The first-order chi connectivity index (χ1) is 6.51. The molecule has 84 valence electrons. The van der Waals surface area contributed by atoms with E-state index in [-0.39, 0.29) is 0 Å². The quantitative estimate of drug-likeness (QED) is 0.452. The van der Waals surface area contributed by atoms with E-state index in [2.05, 4.69) is 41.2 Å². The smallest absolute Gasteiger partial charge is 0.198 e. The van der Waals surface area contributed by atoms with Crippen LogP contribution < -0.4 is 0 Å². The number of hydrogen-bond donors (Lipinski definition) is 0. The van der Waals surface area contributed by atoms with Crippen molar-refractivity contribution >= 4 is 8.32 Å². The Labute approximate surface area is 90.7 Å². The second kappa shape index (κ2) is 6.41. The molecule has 0 aliphatic rings. The van der Waals surface area contributed by atoms with Gasteiger partial charge in [-0.05, 0) is 30.5 Å². The largest absolute Gasteiger partial charge is 0.417 e. The van der Waals surface area contributed by atoms with E-state index in [1.165, 1.54) is 6.04 Å². The van der Waals surface area contributed by atoms with Gasteiger partial charge < -0.3 is 4.43 Å². The van der Waals surface area contributed by atoms with Crippen LogP contribution in [0.1, 0.15) is 41.0 Å². The summed E-state index contributed by atoms with van der Waals surface area (Å²) in [6.45, 7) is 16.0. The van der Waals surface area contributed by atoms with Crippen molar-refractivity contribution in [3.8, 4) is 0 Å². The lowest BCUT2D eigenvalue weighted by atomic mass is 10.5. The first kappa shape index (κ1) is 13.9. The summed E-state index contributed by atoms with van der Waals surface area (Å²) in [7, 11) is -1.54. The molecule has 0 radical (unpaired) electrons. The lowest BCUT2D eigenvalue weighted by Gasteiger charge is -2.38. The minimum atomic E-state index is -1.54. The van der Waals surface area contributed by atoms with Gasteiger partial charge in [-0.2, -0.15) is 0 Å². The molecule has 0 saturated carbocycles. The summed E-state index contributed by atoms with van der Waals surface area (Å²) in [6, 6.07) is 1.22. The van der Waals surface area contributed by atoms with Crippen LogP contribution in [0.15, 0.2) is 12.7 Å². The lowest BCUT2D eigenvalue weighted by Crippen LogP contribution is -2.44. The van der Waals surface area contributed by atoms with Crippen LogP contribution in [0.25, 0.3) is 0 Å². The molecule has 0 fully saturated rings. The van der Waals surface area contributed by atoms with Crippen molar-refractivity contribution in [3.05, 3.63) is 12.7 Å². The van der Waals surface area contributed by atoms with Gasteiger partial charge in [-0.15, -0.1) is 6.58 Å². The summed E-state index contributed by atoms with van der Waals surface area (Å²) in [6.07, 6.45) is 3.12. The molecule has 0 unspecified atom stereocenters. The van der Waals surface area contributed by atoms with Gasteiger partial charge in [0.05, 0.1) is 0 Å². The Morgan fingerprint density at radius 1 is 1.21 bits per heavy atom. The van der Waals surface area contributed by atoms with Crippen molar-refractivity contribution in [2.45, 2.75) is 58.2 Å². The third-order valence-electron chi connectivity index (χ3n) is 3.11. The summed E-state index contributed by atoms with van der Waals surface area (Å²) >= 11 is 0. The fourth-order valence-electron chi connectivity index (χ4n) is 2.25. The fraction of sp³-hybridized carbons (Fsp3) is 0.833. The van der Waals surface area contributed by atoms with Gasteiger partial charge in [0.1, 0.15) is 0 Å². The molecular formula is C12H26OSi. The zero-order chi connectivity index (χ0) is 11.2. The molecule has 0 heterocycles. The van der Waals surface area contributed by atoms with Crippen LogP contribution in [0, 0.1) is 0 Å². The Bertz CT molecular complexity index is 156. The highest BCUT2D eigenvalue weighted by atomic mass is 28.4. The van der Waals surface area contributed by atoms with E-state index < -0.39 is 8.32 Å². The van der Waals surface area contributed by atoms with Crippen molar-refractivity contribution in [1.29, 1.82) is 0 Å². The van der Waals surface area contributed by atoms with Crippen LogP contribution in [0.2, 0.25) is 17.1 Å². The van der Waals surface area contributed by atoms with Crippen LogP contribution in [0.4, 0.5) is 0 Å². The van der Waals surface area contributed by atoms with E-state index in [9.17, 15) is 0 Å². The molecule has 0 aromatic heterocycles. The first-order valence-corrected chi connectivity index (χ1v) is 8.03. The van der Waals surface area contributed by atoms with Crippen LogP contribution in [0.5, 0.6) is 0 Å². The van der Waals surface area contributed by atoms with Gasteiger partial charge in [0.15, 0.2) is 8.32 Å². The minimum Gasteiger partial charge on any atom is -0.417 e. The van der Waals surface area contributed by atoms with E-state index in [4.69, 9.17) is 4.43 Å². The zero-order valence-corrected chi connectivity index (χ0v) is 11.5. The van der Waals surface area contributed by atoms with E-state index in [0.717, 1.165) is 13.0 Å². The van der Waals surface area contributed by atoms with Crippen LogP contribution >= 0.6 is 0 Å². The standard InChI is InChI=1S/C12H26OSi/c1-7-9-10-14(11(3)4,12(5)6)13-8-2/h7,11-12H,1,8-10H2,2-6H3. The Kier molecular flexibility index (Phi) is 6.37. The van der Waals surface area contributed by atoms with Crippen molar-refractivity contribution in [2.75, 3.05) is 6.61 Å². The highest BCUT2D eigenvalue weighted by Crippen LogP contribution is 2.37. The zero-order valence-electron chi connectivity index (χ0n) is 10.5. The average molecular weight is 214 g/mol. The predicted molar refractivity (Wildman–Crippen MR) is 67.2 cm³/mol. The minimum absolute atomic E-state index is 0.697. The van der Waals surface area contributed by atoms with Gasteiger partial charge in [0.2, 0.25) is 0 Å². The number of rotatable bonds is 7. The molecule has 0 bridgehead atoms. The van der Waals surface area contributed by atoms with Gasteiger partial charge in [-0.1, -0.05) is 33.8 Å². The Morgan fingerprint density at radius 2 is 1.71 bits per heavy atom. The lowest BCUT2D eigenvalue weighted by molar-refractivity contribution is 0.304. The molecule has 0 N–H and O–H groups in total. The summed E-state index contributed by atoms with van der Waals surface area (Å²) < 4.78 is 6.15. The Morgan fingerprint density at radius 3 is 2.00 bits per heavy atom. The second-order valence-electron chi connectivity index (χ2n) is 4.52. The molecule has 0 aromatic rings. The third-order valence-corrected chi connectivity index (χ3v) is 8.91. The summed E-state index contributed by atoms with van der Waals surface area (Å²) in [5.41, 5.74) is 1.39. The topological polar surface area (TPSA) is 9.23 Å². The van der Waals surface area contributed by atoms with Gasteiger partial charge >= 0.3 is 0 Å². The van der Waals surface area contributed by atoms with Crippen LogP contribution in [0.3, 0.4) is 0 Å². The fourth-order valence-corrected chi connectivity index (χ4v) is 6.74. The maximum absolute atomic E-state index is 6.15. The third kappa shape index (κ3) is 3.25. The molecule has 0 aromatic carbocycles. The maximum atomic E-state index is 6.15. The number of allylic oxidation sites excluding steroid dienone is 1. The molecule has 0 rings (SSSR count). The van der Waals surface area contributed by atoms with Crippen molar-refractivity contribution in [1.82, 2.24) is 0 Å². The van der Waals surface area contributed by atoms with Gasteiger partial charge in [0, 0.05) is 6.61 Å². The van der Waals surface area contributed by atoms with Gasteiger partial charge in [0.25, 0.3) is 0 Å². The molecule has 1 nitrogen and oxygen atoms in total. The molecule has 0 spiro atoms. The summed E-state index contributed by atoms with van der Waals surface area (Å²) in [5.74, 6) is 0. The van der Waals surface area contributed by atoms with Crippen molar-refractivity contribution < 1.29 is 4.43 Å². The van der Waals surface area contributed by atoms with Gasteiger partial charge in [-0.25, -0.2) is 0 Å². The summed E-state index contributed by atoms with van der Waals surface area (Å²) in [4.78, 5) is 0. The highest BCUT2D eigenvalue weighted by molar-refractivity contribution is 6.76. The first-order valence-electron chi connectivity index (χ1n) is 5.76. The molecule has 0 aliphatic heterocycles. The normalized spacial score (nSPS) is 12.5. The van der Waals surface area contributed by atoms with Gasteiger partial charge in [-0.3, -0.25) is 0 Å². The van der Waals surface area contributed by atoms with E-state index >= 15 is 0 Å². The van der Waals surface area contributed by atoms with Crippen molar-refractivity contribution in [2.24, 2.45) is 0 Å². The van der Waals surface area contributed by atoms with E-state index in [0.29, 0.717) is 11.1 Å². The molecule has 0 amide bonds. The average Bonchev–Trinajstić information content (AvgIpc) is 2.11. The Hall–Kier alpha value is -0.0831. The van der Waals surface area contributed by atoms with Crippen molar-refractivity contribution in [3.63, 3.8) is 0 Å². The molecule has 0 aliphatic carbocycles. The predicted octanol–water partition coefficient (Wildman–Crippen LogP) is 4.36. The van der Waals surface area contributed by atoms with Crippen LogP contribution in [-0.4, -0.2) is 14.9 Å². The van der Waals surface area contributed by atoms with E-state index in [1.807, 2.05) is 6.08 Å². The number of hydrogen-bond acceptors (Lipinski definition) is 1. The molecule has 0 saturated heterocycles. The summed E-state index contributed by atoms with van der Waals surface area (Å²) in [5, 5.41) is 0. The molecule has 2 heteroatoms. The molecule has 0 atom stereocenters. The molecule has 14 heavy (non-hydrogen) atoms. The second-order valence-corrected chi connectivity index (χ2v) is 9.53. The molecular weight excluding hydrogens is 188 g/mol.